The molecule has 0 aliphatic heterocycles. The van der Waals surface area contributed by atoms with Crippen molar-refractivity contribution in [1.82, 2.24) is 4.98 Å². The fraction of sp³-hybridized carbons (Fsp3) is 0.429. The summed E-state index contributed by atoms with van der Waals surface area (Å²) in [6, 6.07) is 10.7. The highest BCUT2D eigenvalue weighted by Gasteiger charge is 2.27. The van der Waals surface area contributed by atoms with Gasteiger partial charge in [-0.05, 0) is 35.1 Å². The lowest BCUT2D eigenvalue weighted by Crippen LogP contribution is -2.23. The summed E-state index contributed by atoms with van der Waals surface area (Å²) in [5.74, 6) is 0.571. The van der Waals surface area contributed by atoms with Crippen LogP contribution in [-0.4, -0.2) is 24.4 Å². The molecule has 28 heavy (non-hydrogen) atoms. The van der Waals surface area contributed by atoms with E-state index in [1.807, 2.05) is 12.1 Å². The summed E-state index contributed by atoms with van der Waals surface area (Å²) >= 11 is 0. The Hall–Kier alpha value is -2.25. The maximum atomic E-state index is 13.0. The highest BCUT2D eigenvalue weighted by Crippen LogP contribution is 2.35. The summed E-state index contributed by atoms with van der Waals surface area (Å²) in [7, 11) is -2.47. The molecule has 1 aliphatic rings. The largest absolute Gasteiger partial charge is 0.392 e. The molecule has 1 aliphatic carbocycles. The van der Waals surface area contributed by atoms with Gasteiger partial charge in [0.15, 0.2) is 0 Å². The molecule has 150 valence electrons. The number of benzene rings is 1. The second-order valence-electron chi connectivity index (χ2n) is 7.37. The molecule has 1 aromatic heterocycles. The van der Waals surface area contributed by atoms with E-state index >= 15 is 0 Å². The topological polar surface area (TPSA) is 96.4 Å². The summed E-state index contributed by atoms with van der Waals surface area (Å²) in [4.78, 5) is 17.2. The Morgan fingerprint density at radius 3 is 2.36 bits per heavy atom. The van der Waals surface area contributed by atoms with Crippen LogP contribution in [0.2, 0.25) is 0 Å². The molecule has 6 nitrogen and oxygen atoms in total. The highest BCUT2D eigenvalue weighted by atomic mass is 32.2. The van der Waals surface area contributed by atoms with Crippen LogP contribution < -0.4 is 5.32 Å². The van der Waals surface area contributed by atoms with Gasteiger partial charge in [0, 0.05) is 6.20 Å². The van der Waals surface area contributed by atoms with E-state index in [1.54, 1.807) is 30.5 Å². The number of hydrogen-bond acceptors (Lipinski definition) is 5. The maximum absolute atomic E-state index is 13.0. The average Bonchev–Trinajstić information content (AvgIpc) is 3.20. The average molecular weight is 403 g/mol. The fourth-order valence-corrected chi connectivity index (χ4v) is 4.29. The molecule has 1 fully saturated rings. The Labute approximate surface area is 167 Å². The first-order valence-electron chi connectivity index (χ1n) is 9.62. The lowest BCUT2D eigenvalue weighted by atomic mass is 9.87. The summed E-state index contributed by atoms with van der Waals surface area (Å²) in [5.41, 5.74) is 2.30. The fourth-order valence-electron chi connectivity index (χ4n) is 3.78. The van der Waals surface area contributed by atoms with Crippen LogP contribution in [-0.2, 0) is 27.9 Å². The Morgan fingerprint density at radius 2 is 1.79 bits per heavy atom. The predicted molar refractivity (Wildman–Crippen MR) is 109 cm³/mol. The van der Waals surface area contributed by atoms with Crippen LogP contribution in [0.15, 0.2) is 42.6 Å². The highest BCUT2D eigenvalue weighted by molar-refractivity contribution is 7.71. The van der Waals surface area contributed by atoms with E-state index in [2.05, 4.69) is 10.3 Å². The van der Waals surface area contributed by atoms with Gasteiger partial charge in [-0.1, -0.05) is 56.0 Å². The quantitative estimate of drug-likeness (QED) is 0.590. The number of pyridine rings is 1. The number of carbonyl (C=O) groups is 1. The van der Waals surface area contributed by atoms with Crippen molar-refractivity contribution in [3.63, 3.8) is 0 Å². The van der Waals surface area contributed by atoms with Gasteiger partial charge in [0.1, 0.15) is 16.5 Å². The molecule has 2 aromatic rings. The Balaban J connectivity index is 1.77. The number of amides is 1. The van der Waals surface area contributed by atoms with E-state index in [-0.39, 0.29) is 24.2 Å². The van der Waals surface area contributed by atoms with Crippen molar-refractivity contribution in [2.45, 2.75) is 50.4 Å². The number of nitrogens with zero attached hydrogens (tertiary/aromatic N) is 1. The van der Waals surface area contributed by atoms with Crippen molar-refractivity contribution in [3.8, 4) is 0 Å². The molecule has 1 aromatic carbocycles. The number of aliphatic hydroxyl groups is 1. The van der Waals surface area contributed by atoms with Gasteiger partial charge in [0.25, 0.3) is 0 Å². The second kappa shape index (κ2) is 9.80. The van der Waals surface area contributed by atoms with Gasteiger partial charge in [-0.2, -0.15) is 0 Å². The predicted octanol–water partition coefficient (Wildman–Crippen LogP) is 2.99. The third-order valence-electron chi connectivity index (χ3n) is 5.31. The van der Waals surface area contributed by atoms with Gasteiger partial charge in [-0.25, -0.2) is 13.4 Å². The summed E-state index contributed by atoms with van der Waals surface area (Å²) < 4.78 is 21.9. The molecule has 1 atom stereocenters. The Bertz CT molecular complexity index is 849. The lowest BCUT2D eigenvalue weighted by Gasteiger charge is -2.21. The smallest absolute Gasteiger partial charge is 0.233 e. The van der Waals surface area contributed by atoms with Crippen molar-refractivity contribution in [2.24, 2.45) is 5.92 Å². The zero-order valence-electron chi connectivity index (χ0n) is 15.7. The first-order valence-corrected chi connectivity index (χ1v) is 11.0. The summed E-state index contributed by atoms with van der Waals surface area (Å²) in [5, 5.41) is 12.0. The van der Waals surface area contributed by atoms with Crippen molar-refractivity contribution in [3.05, 3.63) is 59.3 Å². The standard InChI is InChI=1S/C21H26N2O4S/c24-13-17-7-10-20(22-12-17)23-21(25)19(11-15-3-1-2-4-15)18-8-5-16(6-9-18)14-28(26)27/h5-10,12,15,19,24,28H,1-4,11,13-14H2,(H,22,23,25). The minimum Gasteiger partial charge on any atom is -0.392 e. The van der Waals surface area contributed by atoms with E-state index in [1.165, 1.54) is 12.8 Å². The van der Waals surface area contributed by atoms with E-state index in [4.69, 9.17) is 5.11 Å². The molecule has 1 amide bonds. The number of aliphatic hydroxyl groups excluding tert-OH is 1. The molecular weight excluding hydrogens is 376 g/mol. The molecule has 0 spiro atoms. The van der Waals surface area contributed by atoms with E-state index < -0.39 is 10.7 Å². The maximum Gasteiger partial charge on any atom is 0.233 e. The van der Waals surface area contributed by atoms with Gasteiger partial charge >= 0.3 is 0 Å². The first kappa shape index (κ1) is 20.5. The SMILES string of the molecule is O=C(Nc1ccc(CO)cn1)C(CC1CCCC1)c1ccc(C[SH](=O)=O)cc1. The minimum atomic E-state index is -2.47. The summed E-state index contributed by atoms with van der Waals surface area (Å²) in [6.07, 6.45) is 7.01. The number of anilines is 1. The monoisotopic (exact) mass is 402 g/mol. The third-order valence-corrected chi connectivity index (χ3v) is 5.94. The van der Waals surface area contributed by atoms with E-state index in [0.29, 0.717) is 17.3 Å². The van der Waals surface area contributed by atoms with Crippen molar-refractivity contribution >= 4 is 22.4 Å². The van der Waals surface area contributed by atoms with Crippen LogP contribution in [0.5, 0.6) is 0 Å². The van der Waals surface area contributed by atoms with Crippen molar-refractivity contribution in [2.75, 3.05) is 5.32 Å². The number of nitrogens with one attached hydrogen (secondary N) is 1. The van der Waals surface area contributed by atoms with Gasteiger partial charge in [-0.3, -0.25) is 4.79 Å². The number of carbonyl (C=O) groups excluding carboxylic acids is 1. The first-order chi connectivity index (χ1) is 13.5. The zero-order valence-corrected chi connectivity index (χ0v) is 16.6. The second-order valence-corrected chi connectivity index (χ2v) is 8.35. The van der Waals surface area contributed by atoms with Crippen LogP contribution in [0, 0.1) is 5.92 Å². The molecule has 1 saturated carbocycles. The van der Waals surface area contributed by atoms with Crippen LogP contribution in [0.3, 0.4) is 0 Å². The number of rotatable bonds is 8. The van der Waals surface area contributed by atoms with Crippen LogP contribution >= 0.6 is 0 Å². The van der Waals surface area contributed by atoms with Crippen LogP contribution in [0.1, 0.15) is 54.7 Å². The van der Waals surface area contributed by atoms with Gasteiger partial charge in [-0.15, -0.1) is 0 Å². The van der Waals surface area contributed by atoms with Gasteiger partial charge < -0.3 is 10.4 Å². The van der Waals surface area contributed by atoms with Crippen LogP contribution in [0.25, 0.3) is 0 Å². The normalized spacial score (nSPS) is 15.6. The minimum absolute atomic E-state index is 0.0101. The molecule has 2 N–H and O–H groups in total. The van der Waals surface area contributed by atoms with Gasteiger partial charge in [0.05, 0.1) is 18.3 Å². The molecule has 0 bridgehead atoms. The molecule has 7 heteroatoms. The Morgan fingerprint density at radius 1 is 1.11 bits per heavy atom. The number of hydrogen-bond donors (Lipinski definition) is 3. The Kier molecular flexibility index (Phi) is 7.17. The van der Waals surface area contributed by atoms with Gasteiger partial charge in [0.2, 0.25) is 5.91 Å². The number of aromatic nitrogens is 1. The molecular formula is C21H26N2O4S. The van der Waals surface area contributed by atoms with E-state index in [0.717, 1.165) is 30.4 Å². The van der Waals surface area contributed by atoms with Crippen LogP contribution in [0.4, 0.5) is 5.82 Å². The van der Waals surface area contributed by atoms with E-state index in [9.17, 15) is 13.2 Å². The third kappa shape index (κ3) is 5.62. The van der Waals surface area contributed by atoms with Crippen molar-refractivity contribution in [1.29, 1.82) is 0 Å². The summed E-state index contributed by atoms with van der Waals surface area (Å²) in [6.45, 7) is -0.0905. The molecule has 1 heterocycles. The lowest BCUT2D eigenvalue weighted by molar-refractivity contribution is -0.118. The zero-order chi connectivity index (χ0) is 19.9. The number of thiol groups is 1. The molecule has 3 rings (SSSR count). The molecule has 0 saturated heterocycles. The molecule has 0 radical (unpaired) electrons. The molecule has 1 unspecified atom stereocenters. The van der Waals surface area contributed by atoms with Crippen molar-refractivity contribution < 1.29 is 18.3 Å².